The summed E-state index contributed by atoms with van der Waals surface area (Å²) in [5.74, 6) is -0.364. The van der Waals surface area contributed by atoms with E-state index in [-0.39, 0.29) is 5.92 Å². The van der Waals surface area contributed by atoms with Crippen molar-refractivity contribution in [2.75, 3.05) is 13.1 Å². The average molecular weight is 439 g/mol. The molecule has 5 rings (SSSR count). The number of fused-ring (bicyclic) bond motifs is 3. The van der Waals surface area contributed by atoms with E-state index >= 15 is 0 Å². The van der Waals surface area contributed by atoms with Gasteiger partial charge < -0.3 is 4.57 Å². The van der Waals surface area contributed by atoms with Crippen molar-refractivity contribution in [3.63, 3.8) is 0 Å². The fraction of sp³-hybridized carbons (Fsp3) is 0.333. The van der Waals surface area contributed by atoms with Crippen molar-refractivity contribution in [1.82, 2.24) is 14.5 Å². The molecule has 7 heteroatoms. The predicted octanol–water partition coefficient (Wildman–Crippen LogP) is 5.44. The molecular formula is C24H21ClF2N4. The van der Waals surface area contributed by atoms with Gasteiger partial charge in [-0.1, -0.05) is 23.7 Å². The van der Waals surface area contributed by atoms with Crippen molar-refractivity contribution < 1.29 is 8.78 Å². The third kappa shape index (κ3) is 3.62. The van der Waals surface area contributed by atoms with Crippen LogP contribution in [0.2, 0.25) is 5.02 Å². The lowest BCUT2D eigenvalue weighted by atomic mass is 9.98. The van der Waals surface area contributed by atoms with Crippen LogP contribution >= 0.6 is 11.6 Å². The van der Waals surface area contributed by atoms with Crippen LogP contribution in [-0.2, 0) is 19.5 Å². The molecule has 1 saturated heterocycles. The second-order valence-electron chi connectivity index (χ2n) is 8.20. The Morgan fingerprint density at radius 2 is 1.90 bits per heavy atom. The molecule has 0 radical (unpaired) electrons. The van der Waals surface area contributed by atoms with Gasteiger partial charge in [0.25, 0.3) is 0 Å². The Morgan fingerprint density at radius 3 is 2.65 bits per heavy atom. The summed E-state index contributed by atoms with van der Waals surface area (Å²) in [6, 6.07) is 11.8. The Hall–Kier alpha value is -2.75. The molecule has 1 fully saturated rings. The van der Waals surface area contributed by atoms with E-state index in [0.717, 1.165) is 61.1 Å². The summed E-state index contributed by atoms with van der Waals surface area (Å²) >= 11 is 6.42. The minimum absolute atomic E-state index is 0.0960. The molecule has 1 aromatic heterocycles. The molecule has 2 aromatic carbocycles. The summed E-state index contributed by atoms with van der Waals surface area (Å²) in [5, 5.41) is 9.90. The van der Waals surface area contributed by atoms with Gasteiger partial charge in [0.2, 0.25) is 0 Å². The second-order valence-corrected chi connectivity index (χ2v) is 8.61. The Morgan fingerprint density at radius 1 is 1.10 bits per heavy atom. The van der Waals surface area contributed by atoms with E-state index in [0.29, 0.717) is 29.4 Å². The van der Waals surface area contributed by atoms with Gasteiger partial charge in [0.1, 0.15) is 17.5 Å². The lowest BCUT2D eigenvalue weighted by Crippen LogP contribution is -2.33. The number of benzene rings is 2. The molecule has 2 aliphatic rings. The number of nitriles is 1. The van der Waals surface area contributed by atoms with Crippen LogP contribution in [-0.4, -0.2) is 27.5 Å². The van der Waals surface area contributed by atoms with E-state index in [9.17, 15) is 14.0 Å². The number of imidazole rings is 1. The van der Waals surface area contributed by atoms with Crippen molar-refractivity contribution in [2.45, 2.75) is 32.4 Å². The van der Waals surface area contributed by atoms with Gasteiger partial charge in [0.15, 0.2) is 0 Å². The van der Waals surface area contributed by atoms with E-state index in [4.69, 9.17) is 16.6 Å². The van der Waals surface area contributed by atoms with Gasteiger partial charge in [-0.25, -0.2) is 13.8 Å². The van der Waals surface area contributed by atoms with E-state index in [2.05, 4.69) is 15.5 Å². The van der Waals surface area contributed by atoms with Gasteiger partial charge in [0, 0.05) is 41.2 Å². The summed E-state index contributed by atoms with van der Waals surface area (Å²) in [5.41, 5.74) is 3.77. The van der Waals surface area contributed by atoms with E-state index in [1.54, 1.807) is 0 Å². The Balaban J connectivity index is 1.61. The maximum absolute atomic E-state index is 14.8. The fourth-order valence-electron chi connectivity index (χ4n) is 4.67. The van der Waals surface area contributed by atoms with Crippen LogP contribution < -0.4 is 0 Å². The third-order valence-corrected chi connectivity index (χ3v) is 6.70. The molecule has 0 amide bonds. The quantitative estimate of drug-likeness (QED) is 0.547. The molecule has 3 aromatic rings. The van der Waals surface area contributed by atoms with Crippen LogP contribution in [0.4, 0.5) is 8.78 Å². The first-order valence-electron chi connectivity index (χ1n) is 10.5. The Kier molecular flexibility index (Phi) is 5.25. The first-order valence-corrected chi connectivity index (χ1v) is 10.9. The fourth-order valence-corrected chi connectivity index (χ4v) is 4.94. The lowest BCUT2D eigenvalue weighted by molar-refractivity contribution is 0.194. The largest absolute Gasteiger partial charge is 0.326 e. The van der Waals surface area contributed by atoms with Gasteiger partial charge >= 0.3 is 0 Å². The van der Waals surface area contributed by atoms with Crippen LogP contribution in [0.25, 0.3) is 22.6 Å². The number of piperidine rings is 1. The molecular weight excluding hydrogens is 418 g/mol. The smallest absolute Gasteiger partial charge is 0.141 e. The van der Waals surface area contributed by atoms with E-state index in [1.807, 2.05) is 18.2 Å². The predicted molar refractivity (Wildman–Crippen MR) is 115 cm³/mol. The zero-order chi connectivity index (χ0) is 21.5. The minimum atomic E-state index is -0.619. The number of likely N-dealkylation sites (tertiary alicyclic amines) is 1. The number of halogens is 3. The maximum atomic E-state index is 14.8. The van der Waals surface area contributed by atoms with E-state index < -0.39 is 11.6 Å². The highest BCUT2D eigenvalue weighted by Crippen LogP contribution is 2.38. The summed E-state index contributed by atoms with van der Waals surface area (Å²) in [6.45, 7) is 2.93. The number of hydrogen-bond donors (Lipinski definition) is 0. The molecule has 2 aliphatic heterocycles. The third-order valence-electron chi connectivity index (χ3n) is 6.35. The van der Waals surface area contributed by atoms with Crippen LogP contribution in [0.5, 0.6) is 0 Å². The van der Waals surface area contributed by atoms with Crippen LogP contribution in [0.15, 0.2) is 36.4 Å². The van der Waals surface area contributed by atoms with Crippen LogP contribution in [0, 0.1) is 28.9 Å². The molecule has 158 valence electrons. The summed E-state index contributed by atoms with van der Waals surface area (Å²) in [4.78, 5) is 7.14. The van der Waals surface area contributed by atoms with Crippen LogP contribution in [0.3, 0.4) is 0 Å². The number of rotatable bonds is 3. The number of hydrogen-bond acceptors (Lipinski definition) is 3. The molecule has 4 nitrogen and oxygen atoms in total. The molecule has 31 heavy (non-hydrogen) atoms. The molecule has 0 aliphatic carbocycles. The standard InChI is InChI=1S/C24H21ClF2N4/c25-20-3-1-2-18-17(20)8-11-31-22(14-30-9-6-15(13-28)7-10-30)23(29-24(18)31)19-5-4-16(26)12-21(19)27/h1-5,12,15H,6-11,14H2. The summed E-state index contributed by atoms with van der Waals surface area (Å²) in [7, 11) is 0. The molecule has 0 N–H and O–H groups in total. The lowest BCUT2D eigenvalue weighted by Gasteiger charge is -2.30. The van der Waals surface area contributed by atoms with E-state index in [1.165, 1.54) is 12.1 Å². The summed E-state index contributed by atoms with van der Waals surface area (Å²) < 4.78 is 30.5. The highest BCUT2D eigenvalue weighted by atomic mass is 35.5. The number of nitrogens with zero attached hydrogens (tertiary/aromatic N) is 4. The Labute approximate surface area is 184 Å². The molecule has 0 bridgehead atoms. The van der Waals surface area contributed by atoms with Crippen LogP contribution in [0.1, 0.15) is 24.1 Å². The zero-order valence-corrected chi connectivity index (χ0v) is 17.7. The monoisotopic (exact) mass is 438 g/mol. The molecule has 0 unspecified atom stereocenters. The zero-order valence-electron chi connectivity index (χ0n) is 16.9. The van der Waals surface area contributed by atoms with Crippen molar-refractivity contribution in [1.29, 1.82) is 5.26 Å². The molecule has 0 spiro atoms. The average Bonchev–Trinajstić information content (AvgIpc) is 3.13. The van der Waals surface area contributed by atoms with Crippen molar-refractivity contribution in [2.24, 2.45) is 5.92 Å². The first-order chi connectivity index (χ1) is 15.0. The normalized spacial score (nSPS) is 16.6. The molecule has 0 atom stereocenters. The topological polar surface area (TPSA) is 44.9 Å². The summed E-state index contributed by atoms with van der Waals surface area (Å²) in [6.07, 6.45) is 2.43. The van der Waals surface area contributed by atoms with Gasteiger partial charge in [-0.3, -0.25) is 4.90 Å². The number of aromatic nitrogens is 2. The molecule has 3 heterocycles. The van der Waals surface area contributed by atoms with Gasteiger partial charge in [0.05, 0.1) is 17.5 Å². The SMILES string of the molecule is N#CC1CCN(Cc2c(-c3ccc(F)cc3F)nc3n2CCc2c(Cl)cccc2-3)CC1. The molecule has 0 saturated carbocycles. The first kappa shape index (κ1) is 20.2. The highest BCUT2D eigenvalue weighted by Gasteiger charge is 2.29. The highest BCUT2D eigenvalue weighted by molar-refractivity contribution is 6.31. The van der Waals surface area contributed by atoms with Crippen molar-refractivity contribution in [3.05, 3.63) is 64.3 Å². The Bertz CT molecular complexity index is 1190. The van der Waals surface area contributed by atoms with Gasteiger partial charge in [-0.15, -0.1) is 0 Å². The maximum Gasteiger partial charge on any atom is 0.141 e. The second kappa shape index (κ2) is 8.07. The van der Waals surface area contributed by atoms with Gasteiger partial charge in [-0.2, -0.15) is 5.26 Å². The van der Waals surface area contributed by atoms with Crippen molar-refractivity contribution in [3.8, 4) is 28.7 Å². The minimum Gasteiger partial charge on any atom is -0.326 e. The van der Waals surface area contributed by atoms with Gasteiger partial charge in [-0.05, 0) is 56.1 Å². The van der Waals surface area contributed by atoms with Crippen molar-refractivity contribution >= 4 is 11.6 Å².